The molecular formula is C23H33N3O2. The van der Waals surface area contributed by atoms with Crippen molar-refractivity contribution in [1.29, 1.82) is 0 Å². The van der Waals surface area contributed by atoms with Gasteiger partial charge in [-0.2, -0.15) is 0 Å². The molecule has 0 bridgehead atoms. The molecule has 5 heteroatoms. The first kappa shape index (κ1) is 19.6. The fraction of sp³-hybridized carbons (Fsp3) is 0.565. The van der Waals surface area contributed by atoms with E-state index in [1.807, 2.05) is 12.1 Å². The standard InChI is InChI=1S/C23H33N3O2/c1-24-11-8-20(9-12-24)26-14-13-25(18-21(26)10-15-27)17-19-5-2-3-6-22(19)23-7-4-16-28-23/h2-7,16,20-21,27H,8-15,17-18H2,1H3/t21-/m0/s1. The van der Waals surface area contributed by atoms with Crippen molar-refractivity contribution in [1.82, 2.24) is 14.7 Å². The smallest absolute Gasteiger partial charge is 0.134 e. The van der Waals surface area contributed by atoms with Gasteiger partial charge in [0.1, 0.15) is 5.76 Å². The van der Waals surface area contributed by atoms with E-state index < -0.39 is 0 Å². The largest absolute Gasteiger partial charge is 0.464 e. The van der Waals surface area contributed by atoms with Crippen LogP contribution in [0.15, 0.2) is 47.1 Å². The van der Waals surface area contributed by atoms with Crippen LogP contribution in [0.3, 0.4) is 0 Å². The molecule has 0 radical (unpaired) electrons. The second-order valence-electron chi connectivity index (χ2n) is 8.31. The number of piperazine rings is 1. The Morgan fingerprint density at radius 2 is 1.86 bits per heavy atom. The second-order valence-corrected chi connectivity index (χ2v) is 8.31. The molecule has 0 amide bonds. The molecule has 0 spiro atoms. The lowest BCUT2D eigenvalue weighted by atomic mass is 9.97. The highest BCUT2D eigenvalue weighted by Crippen LogP contribution is 2.27. The van der Waals surface area contributed by atoms with Gasteiger partial charge in [-0.3, -0.25) is 9.80 Å². The van der Waals surface area contributed by atoms with E-state index in [4.69, 9.17) is 4.42 Å². The third-order valence-corrected chi connectivity index (χ3v) is 6.43. The van der Waals surface area contributed by atoms with Crippen LogP contribution in [0.1, 0.15) is 24.8 Å². The maximum atomic E-state index is 9.66. The number of likely N-dealkylation sites (tertiary alicyclic amines) is 1. The zero-order chi connectivity index (χ0) is 19.3. The number of nitrogens with zero attached hydrogens (tertiary/aromatic N) is 3. The summed E-state index contributed by atoms with van der Waals surface area (Å²) in [6, 6.07) is 13.6. The maximum absolute atomic E-state index is 9.66. The molecule has 5 nitrogen and oxygen atoms in total. The normalized spacial score (nSPS) is 23.3. The Balaban J connectivity index is 1.44. The van der Waals surface area contributed by atoms with Gasteiger partial charge in [-0.1, -0.05) is 24.3 Å². The molecule has 1 N–H and O–H groups in total. The molecule has 4 rings (SSSR count). The average Bonchev–Trinajstić information content (AvgIpc) is 3.24. The van der Waals surface area contributed by atoms with Crippen LogP contribution in [0.5, 0.6) is 0 Å². The molecule has 1 aromatic carbocycles. The van der Waals surface area contributed by atoms with Crippen molar-refractivity contribution in [3.05, 3.63) is 48.2 Å². The number of aliphatic hydroxyl groups is 1. The van der Waals surface area contributed by atoms with Crippen LogP contribution in [0.4, 0.5) is 0 Å². The van der Waals surface area contributed by atoms with Gasteiger partial charge in [0.25, 0.3) is 0 Å². The molecule has 2 saturated heterocycles. The first-order valence-electron chi connectivity index (χ1n) is 10.6. The predicted molar refractivity (Wildman–Crippen MR) is 112 cm³/mol. The van der Waals surface area contributed by atoms with E-state index in [0.29, 0.717) is 12.1 Å². The van der Waals surface area contributed by atoms with Gasteiger partial charge in [0.2, 0.25) is 0 Å². The molecule has 3 heterocycles. The maximum Gasteiger partial charge on any atom is 0.134 e. The molecule has 1 aromatic heterocycles. The highest BCUT2D eigenvalue weighted by Gasteiger charge is 2.33. The van der Waals surface area contributed by atoms with Crippen LogP contribution in [0.25, 0.3) is 11.3 Å². The Morgan fingerprint density at radius 3 is 2.61 bits per heavy atom. The van der Waals surface area contributed by atoms with Crippen LogP contribution in [-0.2, 0) is 6.54 Å². The molecule has 2 aliphatic rings. The van der Waals surface area contributed by atoms with Gasteiger partial charge in [0, 0.05) is 50.4 Å². The highest BCUT2D eigenvalue weighted by molar-refractivity contribution is 5.61. The van der Waals surface area contributed by atoms with Crippen molar-refractivity contribution < 1.29 is 9.52 Å². The van der Waals surface area contributed by atoms with E-state index in [9.17, 15) is 5.11 Å². The first-order chi connectivity index (χ1) is 13.7. The lowest BCUT2D eigenvalue weighted by Crippen LogP contribution is -2.58. The van der Waals surface area contributed by atoms with E-state index in [1.165, 1.54) is 37.1 Å². The van der Waals surface area contributed by atoms with Crippen LogP contribution < -0.4 is 0 Å². The Hall–Kier alpha value is -1.66. The summed E-state index contributed by atoms with van der Waals surface area (Å²) in [4.78, 5) is 7.67. The SMILES string of the molecule is CN1CCC(N2CCN(Cc3ccccc3-c3ccco3)C[C@@H]2CCO)CC1. The lowest BCUT2D eigenvalue weighted by Gasteiger charge is -2.47. The summed E-state index contributed by atoms with van der Waals surface area (Å²) in [5, 5.41) is 9.66. The molecule has 0 aliphatic carbocycles. The summed E-state index contributed by atoms with van der Waals surface area (Å²) in [5.74, 6) is 0.937. The Morgan fingerprint density at radius 1 is 1.04 bits per heavy atom. The Bertz CT molecular complexity index is 725. The zero-order valence-electron chi connectivity index (χ0n) is 17.0. The Kier molecular flexibility index (Phi) is 6.47. The molecule has 0 unspecified atom stereocenters. The van der Waals surface area contributed by atoms with Crippen molar-refractivity contribution in [2.75, 3.05) is 46.4 Å². The van der Waals surface area contributed by atoms with Gasteiger partial charge in [-0.05, 0) is 57.1 Å². The van der Waals surface area contributed by atoms with Gasteiger partial charge in [-0.25, -0.2) is 0 Å². The molecule has 0 saturated carbocycles. The predicted octanol–water partition coefficient (Wildman–Crippen LogP) is 2.91. The van der Waals surface area contributed by atoms with Crippen LogP contribution in [0, 0.1) is 0 Å². The van der Waals surface area contributed by atoms with Crippen molar-refractivity contribution >= 4 is 0 Å². The number of benzene rings is 1. The lowest BCUT2D eigenvalue weighted by molar-refractivity contribution is 0.00603. The number of hydrogen-bond donors (Lipinski definition) is 1. The quantitative estimate of drug-likeness (QED) is 0.831. The third-order valence-electron chi connectivity index (χ3n) is 6.43. The molecule has 2 aromatic rings. The Labute approximate surface area is 168 Å². The molecule has 1 atom stereocenters. The van der Waals surface area contributed by atoms with Gasteiger partial charge in [-0.15, -0.1) is 0 Å². The van der Waals surface area contributed by atoms with Crippen molar-refractivity contribution in [2.24, 2.45) is 0 Å². The van der Waals surface area contributed by atoms with Crippen molar-refractivity contribution in [3.63, 3.8) is 0 Å². The van der Waals surface area contributed by atoms with E-state index in [-0.39, 0.29) is 6.61 Å². The van der Waals surface area contributed by atoms with Crippen LogP contribution in [0.2, 0.25) is 0 Å². The summed E-state index contributed by atoms with van der Waals surface area (Å²) in [5.41, 5.74) is 2.50. The fourth-order valence-electron chi connectivity index (χ4n) is 4.86. The van der Waals surface area contributed by atoms with Crippen molar-refractivity contribution in [2.45, 2.75) is 37.9 Å². The summed E-state index contributed by atoms with van der Waals surface area (Å²) in [6.07, 6.45) is 5.10. The second kappa shape index (κ2) is 9.23. The molecule has 2 aliphatic heterocycles. The summed E-state index contributed by atoms with van der Waals surface area (Å²) >= 11 is 0. The first-order valence-corrected chi connectivity index (χ1v) is 10.6. The van der Waals surface area contributed by atoms with Gasteiger partial charge in [0.05, 0.1) is 6.26 Å². The highest BCUT2D eigenvalue weighted by atomic mass is 16.3. The number of aliphatic hydroxyl groups excluding tert-OH is 1. The van der Waals surface area contributed by atoms with E-state index in [1.54, 1.807) is 6.26 Å². The van der Waals surface area contributed by atoms with Gasteiger partial charge >= 0.3 is 0 Å². The molecular weight excluding hydrogens is 350 g/mol. The molecule has 152 valence electrons. The number of rotatable bonds is 6. The number of furan rings is 1. The van der Waals surface area contributed by atoms with E-state index in [2.05, 4.69) is 46.0 Å². The minimum Gasteiger partial charge on any atom is -0.464 e. The van der Waals surface area contributed by atoms with E-state index >= 15 is 0 Å². The number of piperidine rings is 1. The summed E-state index contributed by atoms with van der Waals surface area (Å²) in [6.45, 7) is 6.78. The minimum atomic E-state index is 0.268. The monoisotopic (exact) mass is 383 g/mol. The summed E-state index contributed by atoms with van der Waals surface area (Å²) in [7, 11) is 2.22. The van der Waals surface area contributed by atoms with Crippen molar-refractivity contribution in [3.8, 4) is 11.3 Å². The van der Waals surface area contributed by atoms with Crippen LogP contribution >= 0.6 is 0 Å². The fourth-order valence-corrected chi connectivity index (χ4v) is 4.86. The van der Waals surface area contributed by atoms with Gasteiger partial charge < -0.3 is 14.4 Å². The third kappa shape index (κ3) is 4.49. The minimum absolute atomic E-state index is 0.268. The molecule has 2 fully saturated rings. The number of hydrogen-bond acceptors (Lipinski definition) is 5. The van der Waals surface area contributed by atoms with Crippen LogP contribution in [-0.4, -0.2) is 78.3 Å². The zero-order valence-corrected chi connectivity index (χ0v) is 17.0. The average molecular weight is 384 g/mol. The topological polar surface area (TPSA) is 43.1 Å². The molecule has 28 heavy (non-hydrogen) atoms. The van der Waals surface area contributed by atoms with Gasteiger partial charge in [0.15, 0.2) is 0 Å². The summed E-state index contributed by atoms with van der Waals surface area (Å²) < 4.78 is 5.65. The van der Waals surface area contributed by atoms with E-state index in [0.717, 1.165) is 38.4 Å².